The van der Waals surface area contributed by atoms with Gasteiger partial charge in [0, 0.05) is 11.1 Å². The van der Waals surface area contributed by atoms with E-state index in [0.29, 0.717) is 5.75 Å². The minimum atomic E-state index is 0.584. The highest BCUT2D eigenvalue weighted by Crippen LogP contribution is 2.24. The molecule has 2 aromatic rings. The maximum absolute atomic E-state index is 5.22. The predicted molar refractivity (Wildman–Crippen MR) is 70.4 cm³/mol. The molecule has 0 saturated carbocycles. The van der Waals surface area contributed by atoms with Crippen LogP contribution >= 0.6 is 11.8 Å². The van der Waals surface area contributed by atoms with Crippen LogP contribution in [0.2, 0.25) is 0 Å². The Morgan fingerprint density at radius 2 is 2.24 bits per heavy atom. The fourth-order valence-corrected chi connectivity index (χ4v) is 2.11. The first-order valence-electron chi connectivity index (χ1n) is 5.13. The molecule has 4 heteroatoms. The van der Waals surface area contributed by atoms with Crippen molar-refractivity contribution in [2.24, 2.45) is 0 Å². The van der Waals surface area contributed by atoms with Gasteiger partial charge in [0.25, 0.3) is 0 Å². The predicted octanol–water partition coefficient (Wildman–Crippen LogP) is 2.67. The Bertz CT molecular complexity index is 590. The molecule has 0 bridgehead atoms. The van der Waals surface area contributed by atoms with Gasteiger partial charge in [-0.25, -0.2) is 9.97 Å². The molecule has 2 rings (SSSR count). The Hall–Kier alpha value is -1.73. The zero-order valence-corrected chi connectivity index (χ0v) is 10.5. The first kappa shape index (κ1) is 11.7. The summed E-state index contributed by atoms with van der Waals surface area (Å²) in [6.07, 6.45) is 5.22. The fourth-order valence-electron chi connectivity index (χ4n) is 1.53. The monoisotopic (exact) mass is 244 g/mol. The van der Waals surface area contributed by atoms with E-state index in [-0.39, 0.29) is 0 Å². The molecule has 0 N–H and O–H groups in total. The van der Waals surface area contributed by atoms with E-state index in [1.54, 1.807) is 7.11 Å². The first-order chi connectivity index (χ1) is 8.24. The quantitative estimate of drug-likeness (QED) is 0.472. The third-order valence-electron chi connectivity index (χ3n) is 2.36. The fraction of sp³-hybridized carbons (Fsp3) is 0.231. The molecular formula is C13H12N2OS. The van der Waals surface area contributed by atoms with E-state index in [1.807, 2.05) is 25.1 Å². The zero-order valence-electron chi connectivity index (χ0n) is 9.73. The molecule has 0 aliphatic heterocycles. The van der Waals surface area contributed by atoms with Crippen molar-refractivity contribution in [2.45, 2.75) is 12.1 Å². The average Bonchev–Trinajstić information content (AvgIpc) is 2.36. The van der Waals surface area contributed by atoms with Gasteiger partial charge in [0.1, 0.15) is 5.75 Å². The van der Waals surface area contributed by atoms with Gasteiger partial charge in [-0.05, 0) is 25.1 Å². The molecule has 1 heterocycles. The lowest BCUT2D eigenvalue weighted by Gasteiger charge is -2.06. The number of hydrogen-bond acceptors (Lipinski definition) is 4. The number of nitrogens with zero attached hydrogens (tertiary/aromatic N) is 2. The molecule has 0 aliphatic rings. The van der Waals surface area contributed by atoms with E-state index < -0.39 is 0 Å². The number of ether oxygens (including phenoxy) is 1. The normalized spacial score (nSPS) is 10.2. The molecule has 0 atom stereocenters. The van der Waals surface area contributed by atoms with Crippen LogP contribution in [-0.4, -0.2) is 22.8 Å². The van der Waals surface area contributed by atoms with Crippen molar-refractivity contribution in [3.05, 3.63) is 23.9 Å². The number of aromatic nitrogens is 2. The summed E-state index contributed by atoms with van der Waals surface area (Å²) in [5, 5.41) is 1.73. The van der Waals surface area contributed by atoms with Crippen LogP contribution in [-0.2, 0) is 0 Å². The number of benzene rings is 1. The lowest BCUT2D eigenvalue weighted by molar-refractivity contribution is 0.415. The highest BCUT2D eigenvalue weighted by atomic mass is 32.2. The molecule has 0 unspecified atom stereocenters. The molecule has 0 saturated heterocycles. The molecule has 1 aromatic heterocycles. The number of fused-ring (bicyclic) bond motifs is 1. The summed E-state index contributed by atoms with van der Waals surface area (Å²) in [5.74, 6) is 3.96. The van der Waals surface area contributed by atoms with Crippen molar-refractivity contribution in [1.29, 1.82) is 0 Å². The molecule has 3 nitrogen and oxygen atoms in total. The Balaban J connectivity index is 2.48. The summed E-state index contributed by atoms with van der Waals surface area (Å²) in [6.45, 7) is 1.96. The number of rotatable bonds is 3. The van der Waals surface area contributed by atoms with Crippen molar-refractivity contribution >= 4 is 22.7 Å². The highest BCUT2D eigenvalue weighted by Gasteiger charge is 2.05. The van der Waals surface area contributed by atoms with Crippen molar-refractivity contribution in [1.82, 2.24) is 9.97 Å². The van der Waals surface area contributed by atoms with Crippen LogP contribution in [0.3, 0.4) is 0 Å². The number of terminal acetylenes is 1. The van der Waals surface area contributed by atoms with E-state index in [9.17, 15) is 0 Å². The smallest absolute Gasteiger partial charge is 0.189 e. The van der Waals surface area contributed by atoms with E-state index in [1.165, 1.54) is 11.8 Å². The topological polar surface area (TPSA) is 35.0 Å². The maximum Gasteiger partial charge on any atom is 0.189 e. The Morgan fingerprint density at radius 3 is 2.94 bits per heavy atom. The van der Waals surface area contributed by atoms with Gasteiger partial charge in [0.05, 0.1) is 18.4 Å². The molecule has 17 heavy (non-hydrogen) atoms. The minimum Gasteiger partial charge on any atom is -0.497 e. The van der Waals surface area contributed by atoms with Crippen LogP contribution in [0.15, 0.2) is 23.4 Å². The number of hydrogen-bond donors (Lipinski definition) is 0. The Labute approximate surface area is 105 Å². The lowest BCUT2D eigenvalue weighted by Crippen LogP contribution is -1.94. The van der Waals surface area contributed by atoms with Gasteiger partial charge < -0.3 is 4.74 Å². The summed E-state index contributed by atoms with van der Waals surface area (Å²) in [6, 6.07) is 5.77. The summed E-state index contributed by atoms with van der Waals surface area (Å²) in [4.78, 5) is 8.86. The summed E-state index contributed by atoms with van der Waals surface area (Å²) in [7, 11) is 1.65. The van der Waals surface area contributed by atoms with Crippen molar-refractivity contribution < 1.29 is 4.74 Å². The summed E-state index contributed by atoms with van der Waals surface area (Å²) >= 11 is 1.47. The van der Waals surface area contributed by atoms with Crippen LogP contribution in [0, 0.1) is 19.3 Å². The largest absolute Gasteiger partial charge is 0.497 e. The van der Waals surface area contributed by atoms with Gasteiger partial charge in [-0.1, -0.05) is 17.7 Å². The molecule has 0 amide bonds. The molecule has 0 radical (unpaired) electrons. The van der Waals surface area contributed by atoms with Crippen LogP contribution in [0.1, 0.15) is 5.69 Å². The molecular weight excluding hydrogens is 232 g/mol. The maximum atomic E-state index is 5.22. The third kappa shape index (κ3) is 2.51. The molecule has 1 aromatic carbocycles. The summed E-state index contributed by atoms with van der Waals surface area (Å²) in [5.41, 5.74) is 1.85. The second kappa shape index (κ2) is 5.07. The number of methoxy groups -OCH3 is 1. The third-order valence-corrected chi connectivity index (χ3v) is 3.11. The number of thioether (sulfide) groups is 1. The van der Waals surface area contributed by atoms with Crippen LogP contribution < -0.4 is 4.74 Å². The SMILES string of the molecule is C#CCSc1nc(C)c2cc(OC)ccc2n1. The molecule has 86 valence electrons. The molecule has 0 aliphatic carbocycles. The average molecular weight is 244 g/mol. The standard InChI is InChI=1S/C13H12N2OS/c1-4-7-17-13-14-9(2)11-8-10(16-3)5-6-12(11)15-13/h1,5-6,8H,7H2,2-3H3. The zero-order chi connectivity index (χ0) is 12.3. The van der Waals surface area contributed by atoms with E-state index >= 15 is 0 Å². The Morgan fingerprint density at radius 1 is 1.41 bits per heavy atom. The van der Waals surface area contributed by atoms with Crippen LogP contribution in [0.25, 0.3) is 10.9 Å². The highest BCUT2D eigenvalue weighted by molar-refractivity contribution is 7.99. The Kier molecular flexibility index (Phi) is 3.50. The van der Waals surface area contributed by atoms with E-state index in [2.05, 4.69) is 15.9 Å². The lowest BCUT2D eigenvalue weighted by atomic mass is 10.2. The number of aryl methyl sites for hydroxylation is 1. The molecule has 0 spiro atoms. The summed E-state index contributed by atoms with van der Waals surface area (Å²) < 4.78 is 5.19. The van der Waals surface area contributed by atoms with Gasteiger partial charge in [-0.15, -0.1) is 6.42 Å². The van der Waals surface area contributed by atoms with Gasteiger partial charge in [-0.2, -0.15) is 0 Å². The van der Waals surface area contributed by atoms with Crippen molar-refractivity contribution in [2.75, 3.05) is 12.9 Å². The van der Waals surface area contributed by atoms with Gasteiger partial charge in [0.2, 0.25) is 0 Å². The second-order valence-corrected chi connectivity index (χ2v) is 4.41. The minimum absolute atomic E-state index is 0.584. The van der Waals surface area contributed by atoms with Gasteiger partial charge in [-0.3, -0.25) is 0 Å². The van der Waals surface area contributed by atoms with E-state index in [4.69, 9.17) is 11.2 Å². The van der Waals surface area contributed by atoms with E-state index in [0.717, 1.165) is 27.5 Å². The van der Waals surface area contributed by atoms with Crippen molar-refractivity contribution in [3.63, 3.8) is 0 Å². The van der Waals surface area contributed by atoms with Crippen LogP contribution in [0.4, 0.5) is 0 Å². The first-order valence-corrected chi connectivity index (χ1v) is 6.12. The van der Waals surface area contributed by atoms with Gasteiger partial charge >= 0.3 is 0 Å². The second-order valence-electron chi connectivity index (χ2n) is 3.47. The van der Waals surface area contributed by atoms with Crippen molar-refractivity contribution in [3.8, 4) is 18.1 Å². The van der Waals surface area contributed by atoms with Crippen LogP contribution in [0.5, 0.6) is 5.75 Å². The molecule has 0 fully saturated rings. The van der Waals surface area contributed by atoms with Gasteiger partial charge in [0.15, 0.2) is 5.16 Å².